The molecule has 0 spiro atoms. The van der Waals surface area contributed by atoms with E-state index in [0.29, 0.717) is 21.8 Å². The summed E-state index contributed by atoms with van der Waals surface area (Å²) >= 11 is 12.9. The van der Waals surface area contributed by atoms with Crippen LogP contribution in [0.4, 0.5) is 9.18 Å². The molecular weight excluding hydrogens is 416 g/mol. The van der Waals surface area contributed by atoms with Crippen molar-refractivity contribution >= 4 is 29.2 Å². The fraction of sp³-hybridized carbons (Fsp3) is 0.450. The van der Waals surface area contributed by atoms with Crippen LogP contribution in [0.25, 0.3) is 11.3 Å². The molecule has 1 aromatic carbocycles. The number of nitrogens with one attached hydrogen (secondary N) is 1. The highest BCUT2D eigenvalue weighted by Gasteiger charge is 2.26. The highest BCUT2D eigenvalue weighted by molar-refractivity contribution is 6.44. The summed E-state index contributed by atoms with van der Waals surface area (Å²) < 4.78 is 13.4. The van der Waals surface area contributed by atoms with Gasteiger partial charge in [-0.15, -0.1) is 0 Å². The molecule has 1 aliphatic heterocycles. The van der Waals surface area contributed by atoms with Crippen molar-refractivity contribution in [2.45, 2.75) is 31.8 Å². The maximum atomic E-state index is 13.4. The maximum Gasteiger partial charge on any atom is 0.317 e. The molecule has 156 valence electrons. The number of carbonyl (C=O) groups excluding carboxylic acids is 1. The minimum Gasteiger partial charge on any atom is -0.331 e. The van der Waals surface area contributed by atoms with Gasteiger partial charge in [0.25, 0.3) is 0 Å². The molecule has 0 saturated carbocycles. The van der Waals surface area contributed by atoms with E-state index in [0.717, 1.165) is 32.1 Å². The van der Waals surface area contributed by atoms with Gasteiger partial charge in [0.2, 0.25) is 5.95 Å². The first-order valence-electron chi connectivity index (χ1n) is 9.45. The Balaban J connectivity index is 1.73. The molecule has 0 bridgehead atoms. The fourth-order valence-corrected chi connectivity index (χ4v) is 4.08. The zero-order chi connectivity index (χ0) is 21.1. The molecule has 1 fully saturated rings. The second-order valence-electron chi connectivity index (χ2n) is 7.37. The van der Waals surface area contributed by atoms with E-state index in [9.17, 15) is 9.18 Å². The Labute approximate surface area is 180 Å². The first kappa shape index (κ1) is 21.7. The maximum absolute atomic E-state index is 13.4. The van der Waals surface area contributed by atoms with Crippen molar-refractivity contribution in [1.29, 1.82) is 0 Å². The van der Waals surface area contributed by atoms with Gasteiger partial charge in [0.15, 0.2) is 0 Å². The zero-order valence-electron chi connectivity index (χ0n) is 16.6. The van der Waals surface area contributed by atoms with Crippen LogP contribution in [0.2, 0.25) is 10.0 Å². The predicted molar refractivity (Wildman–Crippen MR) is 113 cm³/mol. The monoisotopic (exact) mass is 439 g/mol. The Kier molecular flexibility index (Phi) is 6.93. The van der Waals surface area contributed by atoms with E-state index in [1.807, 2.05) is 14.0 Å². The SMILES string of the molecule is CC(NC(=O)N(C)C1CCN(C)CC1)c1ccc(-c2cncc(F)n2)c(Cl)c1Cl. The van der Waals surface area contributed by atoms with Gasteiger partial charge in [-0.05, 0) is 45.5 Å². The average molecular weight is 440 g/mol. The van der Waals surface area contributed by atoms with Gasteiger partial charge in [0.05, 0.1) is 34.2 Å². The summed E-state index contributed by atoms with van der Waals surface area (Å²) in [5.41, 5.74) is 1.45. The largest absolute Gasteiger partial charge is 0.331 e. The topological polar surface area (TPSA) is 61.4 Å². The van der Waals surface area contributed by atoms with Crippen molar-refractivity contribution in [3.63, 3.8) is 0 Å². The molecule has 1 unspecified atom stereocenters. The quantitative estimate of drug-likeness (QED) is 0.767. The number of hydrogen-bond donors (Lipinski definition) is 1. The molecule has 1 aromatic heterocycles. The number of nitrogens with zero attached hydrogens (tertiary/aromatic N) is 4. The Morgan fingerprint density at radius 1 is 1.28 bits per heavy atom. The van der Waals surface area contributed by atoms with E-state index in [1.54, 1.807) is 17.0 Å². The number of likely N-dealkylation sites (tertiary alicyclic amines) is 1. The van der Waals surface area contributed by atoms with Crippen LogP contribution in [0.5, 0.6) is 0 Å². The second-order valence-corrected chi connectivity index (χ2v) is 8.13. The van der Waals surface area contributed by atoms with Gasteiger partial charge in [0.1, 0.15) is 0 Å². The Morgan fingerprint density at radius 3 is 2.62 bits per heavy atom. The highest BCUT2D eigenvalue weighted by atomic mass is 35.5. The Hall–Kier alpha value is -1.96. The van der Waals surface area contributed by atoms with Crippen LogP contribution < -0.4 is 5.32 Å². The van der Waals surface area contributed by atoms with Crippen molar-refractivity contribution in [2.24, 2.45) is 0 Å². The lowest BCUT2D eigenvalue weighted by Crippen LogP contribution is -2.48. The van der Waals surface area contributed by atoms with Crippen LogP contribution in [0, 0.1) is 5.95 Å². The van der Waals surface area contributed by atoms with Crippen molar-refractivity contribution in [1.82, 2.24) is 25.1 Å². The van der Waals surface area contributed by atoms with Crippen molar-refractivity contribution in [3.05, 3.63) is 46.1 Å². The van der Waals surface area contributed by atoms with Crippen LogP contribution in [-0.2, 0) is 0 Å². The van der Waals surface area contributed by atoms with Crippen LogP contribution in [0.1, 0.15) is 31.4 Å². The van der Waals surface area contributed by atoms with E-state index in [2.05, 4.69) is 27.2 Å². The van der Waals surface area contributed by atoms with Crippen molar-refractivity contribution in [3.8, 4) is 11.3 Å². The van der Waals surface area contributed by atoms with Gasteiger partial charge >= 0.3 is 6.03 Å². The first-order valence-corrected chi connectivity index (χ1v) is 10.2. The number of piperidine rings is 1. The molecule has 2 aromatic rings. The van der Waals surface area contributed by atoms with E-state index >= 15 is 0 Å². The van der Waals surface area contributed by atoms with Gasteiger partial charge in [-0.3, -0.25) is 4.98 Å². The molecule has 9 heteroatoms. The third kappa shape index (κ3) is 4.97. The summed E-state index contributed by atoms with van der Waals surface area (Å²) in [7, 11) is 3.90. The minimum absolute atomic E-state index is 0.153. The molecule has 3 rings (SSSR count). The van der Waals surface area contributed by atoms with Gasteiger partial charge in [0, 0.05) is 18.7 Å². The smallest absolute Gasteiger partial charge is 0.317 e. The molecule has 1 atom stereocenters. The summed E-state index contributed by atoms with van der Waals surface area (Å²) in [6, 6.07) is 3.17. The lowest BCUT2D eigenvalue weighted by molar-refractivity contribution is 0.146. The predicted octanol–water partition coefficient (Wildman–Crippen LogP) is 4.39. The number of urea groups is 1. The third-order valence-electron chi connectivity index (χ3n) is 5.36. The van der Waals surface area contributed by atoms with Crippen LogP contribution in [-0.4, -0.2) is 59.0 Å². The number of hydrogen-bond acceptors (Lipinski definition) is 4. The summed E-state index contributed by atoms with van der Waals surface area (Å²) in [6.45, 7) is 3.80. The molecule has 29 heavy (non-hydrogen) atoms. The number of carbonyl (C=O) groups is 1. The summed E-state index contributed by atoms with van der Waals surface area (Å²) in [5, 5.41) is 3.52. The van der Waals surface area contributed by atoms with Gasteiger partial charge in [-0.1, -0.05) is 35.3 Å². The highest BCUT2D eigenvalue weighted by Crippen LogP contribution is 2.37. The van der Waals surface area contributed by atoms with E-state index in [-0.39, 0.29) is 23.1 Å². The van der Waals surface area contributed by atoms with E-state index in [1.165, 1.54) is 6.20 Å². The average Bonchev–Trinajstić information content (AvgIpc) is 2.69. The molecule has 1 N–H and O–H groups in total. The lowest BCUT2D eigenvalue weighted by Gasteiger charge is -2.35. The minimum atomic E-state index is -0.698. The normalized spacial score (nSPS) is 16.5. The third-order valence-corrected chi connectivity index (χ3v) is 6.25. The molecular formula is C20H24Cl2FN5O. The molecule has 2 amide bonds. The summed E-state index contributed by atoms with van der Waals surface area (Å²) in [6.07, 6.45) is 4.34. The van der Waals surface area contributed by atoms with Gasteiger partial charge in [-0.2, -0.15) is 4.39 Å². The molecule has 1 saturated heterocycles. The van der Waals surface area contributed by atoms with Crippen molar-refractivity contribution < 1.29 is 9.18 Å². The Bertz CT molecular complexity index is 889. The van der Waals surface area contributed by atoms with Crippen molar-refractivity contribution in [2.75, 3.05) is 27.2 Å². The molecule has 1 aliphatic rings. The standard InChI is InChI=1S/C20H24Cl2FN5O/c1-12(25-20(29)28(3)13-6-8-27(2)9-7-13)14-4-5-15(19(22)18(14)21)16-10-24-11-17(23)26-16/h4-5,10-13H,6-9H2,1-3H3,(H,25,29). The molecule has 0 aliphatic carbocycles. The molecule has 2 heterocycles. The van der Waals surface area contributed by atoms with Crippen LogP contribution in [0.15, 0.2) is 24.5 Å². The van der Waals surface area contributed by atoms with Gasteiger partial charge in [-0.25, -0.2) is 9.78 Å². The number of rotatable bonds is 4. The van der Waals surface area contributed by atoms with Crippen LogP contribution >= 0.6 is 23.2 Å². The van der Waals surface area contributed by atoms with E-state index in [4.69, 9.17) is 23.2 Å². The van der Waals surface area contributed by atoms with Crippen LogP contribution in [0.3, 0.4) is 0 Å². The summed E-state index contributed by atoms with van der Waals surface area (Å²) in [4.78, 5) is 24.3. The fourth-order valence-electron chi connectivity index (χ4n) is 3.48. The number of aromatic nitrogens is 2. The molecule has 0 radical (unpaired) electrons. The zero-order valence-corrected chi connectivity index (χ0v) is 18.1. The first-order chi connectivity index (χ1) is 13.8. The second kappa shape index (κ2) is 9.24. The van der Waals surface area contributed by atoms with Gasteiger partial charge < -0.3 is 15.1 Å². The Morgan fingerprint density at radius 2 is 1.97 bits per heavy atom. The number of amides is 2. The number of halogens is 3. The molecule has 6 nitrogen and oxygen atoms in total. The number of benzene rings is 1. The van der Waals surface area contributed by atoms with E-state index < -0.39 is 5.95 Å². The lowest BCUT2D eigenvalue weighted by atomic mass is 10.0. The summed E-state index contributed by atoms with van der Waals surface area (Å²) in [5.74, 6) is -0.698.